The molecule has 5 nitrogen and oxygen atoms in total. The van der Waals surface area contributed by atoms with Gasteiger partial charge in [-0.1, -0.05) is 36.4 Å². The molecular weight excluding hydrogens is 374 g/mol. The minimum atomic E-state index is -0.962. The average molecular weight is 395 g/mol. The van der Waals surface area contributed by atoms with E-state index in [1.807, 2.05) is 54.8 Å². The van der Waals surface area contributed by atoms with Gasteiger partial charge < -0.3 is 14.8 Å². The third kappa shape index (κ3) is 4.28. The molecule has 0 aliphatic carbocycles. The lowest BCUT2D eigenvalue weighted by atomic mass is 10.1. The molecule has 0 fully saturated rings. The molecule has 0 saturated heterocycles. The summed E-state index contributed by atoms with van der Waals surface area (Å²) < 4.78 is 10.6. The van der Waals surface area contributed by atoms with E-state index in [1.165, 1.54) is 7.11 Å². The molecule has 0 bridgehead atoms. The Balaban J connectivity index is 1.73. The molecule has 0 heterocycles. The SMILES string of the molecule is COc1cc(SC)ccc1C(=O)O[C@H](C)C(=O)Nc1cccc2ccccc12. The summed E-state index contributed by atoms with van der Waals surface area (Å²) in [5, 5.41) is 4.78. The molecule has 0 aliphatic heterocycles. The Labute approximate surface area is 168 Å². The summed E-state index contributed by atoms with van der Waals surface area (Å²) in [7, 11) is 1.49. The van der Waals surface area contributed by atoms with Crippen molar-refractivity contribution in [2.24, 2.45) is 0 Å². The molecule has 0 unspecified atom stereocenters. The van der Waals surface area contributed by atoms with Gasteiger partial charge in [0.2, 0.25) is 0 Å². The van der Waals surface area contributed by atoms with E-state index in [2.05, 4.69) is 5.32 Å². The number of nitrogens with one attached hydrogen (secondary N) is 1. The Hall–Kier alpha value is -2.99. The molecule has 0 radical (unpaired) electrons. The number of benzene rings is 3. The highest BCUT2D eigenvalue weighted by Crippen LogP contribution is 2.27. The molecule has 0 saturated carbocycles. The van der Waals surface area contributed by atoms with Crippen LogP contribution in [0.4, 0.5) is 5.69 Å². The van der Waals surface area contributed by atoms with Crippen LogP contribution < -0.4 is 10.1 Å². The molecule has 3 rings (SSSR count). The summed E-state index contributed by atoms with van der Waals surface area (Å²) in [5.74, 6) is -0.590. The number of amides is 1. The van der Waals surface area contributed by atoms with E-state index < -0.39 is 18.0 Å². The Kier molecular flexibility index (Phi) is 6.21. The summed E-state index contributed by atoms with van der Waals surface area (Å²) in [6.45, 7) is 1.54. The van der Waals surface area contributed by atoms with Crippen LogP contribution in [0.25, 0.3) is 10.8 Å². The van der Waals surface area contributed by atoms with Crippen molar-refractivity contribution in [3.05, 3.63) is 66.2 Å². The number of anilines is 1. The number of ether oxygens (including phenoxy) is 2. The quantitative estimate of drug-likeness (QED) is 0.482. The number of fused-ring (bicyclic) bond motifs is 1. The van der Waals surface area contributed by atoms with Crippen LogP contribution in [0, 0.1) is 0 Å². The summed E-state index contributed by atoms with van der Waals surface area (Å²) in [6.07, 6.45) is 0.975. The van der Waals surface area contributed by atoms with Crippen molar-refractivity contribution in [2.75, 3.05) is 18.7 Å². The maximum Gasteiger partial charge on any atom is 0.342 e. The largest absolute Gasteiger partial charge is 0.496 e. The van der Waals surface area contributed by atoms with Crippen molar-refractivity contribution in [3.63, 3.8) is 0 Å². The van der Waals surface area contributed by atoms with Crippen LogP contribution in [0.15, 0.2) is 65.6 Å². The third-order valence-electron chi connectivity index (χ3n) is 4.33. The van der Waals surface area contributed by atoms with Gasteiger partial charge in [-0.05, 0) is 42.8 Å². The Morgan fingerprint density at radius 2 is 1.79 bits per heavy atom. The molecule has 0 aromatic heterocycles. The number of methoxy groups -OCH3 is 1. The van der Waals surface area contributed by atoms with Crippen molar-refractivity contribution >= 4 is 40.1 Å². The monoisotopic (exact) mass is 395 g/mol. The number of hydrogen-bond acceptors (Lipinski definition) is 5. The van der Waals surface area contributed by atoms with Crippen LogP contribution in [0.2, 0.25) is 0 Å². The standard InChI is InChI=1S/C22H21NO4S/c1-14(27-22(25)18-12-11-16(28-3)13-20(18)26-2)21(24)23-19-10-6-8-15-7-4-5-9-17(15)19/h4-14H,1-3H3,(H,23,24)/t14-/m1/s1. The van der Waals surface area contributed by atoms with Gasteiger partial charge in [0.25, 0.3) is 5.91 Å². The first-order valence-corrected chi connectivity index (χ1v) is 9.97. The van der Waals surface area contributed by atoms with E-state index in [9.17, 15) is 9.59 Å². The van der Waals surface area contributed by atoms with E-state index in [0.717, 1.165) is 15.7 Å². The second kappa shape index (κ2) is 8.80. The number of thioether (sulfide) groups is 1. The number of esters is 1. The molecule has 1 N–H and O–H groups in total. The molecule has 3 aromatic carbocycles. The van der Waals surface area contributed by atoms with Gasteiger partial charge in [0.15, 0.2) is 6.10 Å². The van der Waals surface area contributed by atoms with Crippen LogP contribution in [-0.2, 0) is 9.53 Å². The highest BCUT2D eigenvalue weighted by atomic mass is 32.2. The van der Waals surface area contributed by atoms with Crippen LogP contribution in [0.3, 0.4) is 0 Å². The lowest BCUT2D eigenvalue weighted by Gasteiger charge is -2.16. The highest BCUT2D eigenvalue weighted by Gasteiger charge is 2.22. The van der Waals surface area contributed by atoms with E-state index in [0.29, 0.717) is 11.4 Å². The van der Waals surface area contributed by atoms with Gasteiger partial charge >= 0.3 is 5.97 Å². The van der Waals surface area contributed by atoms with Crippen LogP contribution in [0.1, 0.15) is 17.3 Å². The van der Waals surface area contributed by atoms with Crippen molar-refractivity contribution < 1.29 is 19.1 Å². The third-order valence-corrected chi connectivity index (χ3v) is 5.05. The molecule has 1 atom stereocenters. The maximum absolute atomic E-state index is 12.6. The number of carbonyl (C=O) groups excluding carboxylic acids is 2. The van der Waals surface area contributed by atoms with Crippen molar-refractivity contribution in [2.45, 2.75) is 17.9 Å². The minimum absolute atomic E-state index is 0.283. The molecule has 0 spiro atoms. The molecular formula is C22H21NO4S. The summed E-state index contributed by atoms with van der Waals surface area (Å²) in [6, 6.07) is 18.6. The zero-order chi connectivity index (χ0) is 20.1. The summed E-state index contributed by atoms with van der Waals surface area (Å²) in [4.78, 5) is 26.0. The molecule has 0 aliphatic rings. The number of rotatable bonds is 6. The predicted molar refractivity (Wildman–Crippen MR) is 112 cm³/mol. The van der Waals surface area contributed by atoms with Gasteiger partial charge in [-0.3, -0.25) is 4.79 Å². The van der Waals surface area contributed by atoms with Gasteiger partial charge in [0.1, 0.15) is 11.3 Å². The predicted octanol–water partition coefficient (Wildman–Crippen LogP) is 4.75. The lowest BCUT2D eigenvalue weighted by molar-refractivity contribution is -0.123. The fraction of sp³-hybridized carbons (Fsp3) is 0.182. The fourth-order valence-corrected chi connectivity index (χ4v) is 3.24. The molecule has 6 heteroatoms. The first-order chi connectivity index (χ1) is 13.5. The van der Waals surface area contributed by atoms with Crippen LogP contribution >= 0.6 is 11.8 Å². The van der Waals surface area contributed by atoms with Crippen molar-refractivity contribution in [1.82, 2.24) is 0 Å². The number of hydrogen-bond donors (Lipinski definition) is 1. The van der Waals surface area contributed by atoms with Gasteiger partial charge in [-0.25, -0.2) is 4.79 Å². The highest BCUT2D eigenvalue weighted by molar-refractivity contribution is 7.98. The second-order valence-corrected chi connectivity index (χ2v) is 7.01. The summed E-state index contributed by atoms with van der Waals surface area (Å²) in [5.41, 5.74) is 0.956. The van der Waals surface area contributed by atoms with E-state index in [1.54, 1.807) is 30.8 Å². The topological polar surface area (TPSA) is 64.6 Å². The Morgan fingerprint density at radius 3 is 2.54 bits per heavy atom. The molecule has 28 heavy (non-hydrogen) atoms. The zero-order valence-electron chi connectivity index (χ0n) is 15.9. The van der Waals surface area contributed by atoms with Gasteiger partial charge in [-0.15, -0.1) is 11.8 Å². The van der Waals surface area contributed by atoms with Crippen molar-refractivity contribution in [1.29, 1.82) is 0 Å². The molecule has 144 valence electrons. The van der Waals surface area contributed by atoms with E-state index in [4.69, 9.17) is 9.47 Å². The van der Waals surface area contributed by atoms with Gasteiger partial charge in [0, 0.05) is 16.0 Å². The molecule has 3 aromatic rings. The second-order valence-electron chi connectivity index (χ2n) is 6.13. The Bertz CT molecular complexity index is 1010. The minimum Gasteiger partial charge on any atom is -0.496 e. The van der Waals surface area contributed by atoms with Crippen LogP contribution in [-0.4, -0.2) is 31.3 Å². The zero-order valence-corrected chi connectivity index (χ0v) is 16.7. The first kappa shape index (κ1) is 19.8. The van der Waals surface area contributed by atoms with E-state index in [-0.39, 0.29) is 5.56 Å². The number of carbonyl (C=O) groups is 2. The lowest BCUT2D eigenvalue weighted by Crippen LogP contribution is -2.30. The van der Waals surface area contributed by atoms with E-state index >= 15 is 0 Å². The Morgan fingerprint density at radius 1 is 1.04 bits per heavy atom. The van der Waals surface area contributed by atoms with Crippen LogP contribution in [0.5, 0.6) is 5.75 Å². The van der Waals surface area contributed by atoms with Gasteiger partial charge in [0.05, 0.1) is 7.11 Å². The normalized spacial score (nSPS) is 11.7. The summed E-state index contributed by atoms with van der Waals surface area (Å²) >= 11 is 1.54. The first-order valence-electron chi connectivity index (χ1n) is 8.75. The molecule has 1 amide bonds. The van der Waals surface area contributed by atoms with Gasteiger partial charge in [-0.2, -0.15) is 0 Å². The maximum atomic E-state index is 12.6. The average Bonchev–Trinajstić information content (AvgIpc) is 2.73. The smallest absolute Gasteiger partial charge is 0.342 e. The fourth-order valence-electron chi connectivity index (χ4n) is 2.81. The van der Waals surface area contributed by atoms with Crippen molar-refractivity contribution in [3.8, 4) is 5.75 Å².